The lowest BCUT2D eigenvalue weighted by atomic mass is 10.1. The van der Waals surface area contributed by atoms with Gasteiger partial charge < -0.3 is 9.52 Å². The van der Waals surface area contributed by atoms with E-state index in [0.29, 0.717) is 0 Å². The summed E-state index contributed by atoms with van der Waals surface area (Å²) in [4.78, 5) is 23.7. The number of fused-ring (bicyclic) bond motifs is 2. The number of nitrogens with zero attached hydrogens (tertiary/aromatic N) is 2. The minimum Gasteiger partial charge on any atom is -0.505 e. The molecule has 12 nitrogen and oxygen atoms in total. The summed E-state index contributed by atoms with van der Waals surface area (Å²) < 4.78 is 61.5. The number of sulfonamides is 2. The van der Waals surface area contributed by atoms with Gasteiger partial charge in [-0.1, -0.05) is 12.1 Å². The Labute approximate surface area is 216 Å². The Hall–Kier alpha value is -4.56. The maximum Gasteiger partial charge on any atom is 0.279 e. The number of H-pyrrole nitrogens is 1. The minimum absolute atomic E-state index is 0.109. The van der Waals surface area contributed by atoms with Gasteiger partial charge in [0.15, 0.2) is 10.1 Å². The van der Waals surface area contributed by atoms with Crippen molar-refractivity contribution in [3.63, 3.8) is 0 Å². The van der Waals surface area contributed by atoms with Crippen LogP contribution < -0.4 is 19.9 Å². The van der Waals surface area contributed by atoms with Crippen LogP contribution in [0.2, 0.25) is 0 Å². The molecule has 2 aromatic heterocycles. The number of anilines is 2. The minimum atomic E-state index is -4.15. The van der Waals surface area contributed by atoms with Crippen molar-refractivity contribution < 1.29 is 31.3 Å². The second-order valence-electron chi connectivity index (χ2n) is 8.30. The molecule has 0 saturated heterocycles. The molecule has 3 aromatic rings. The third-order valence-electron chi connectivity index (χ3n) is 5.73. The molecule has 0 unspecified atom stereocenters. The molecule has 1 aromatic carbocycles. The Balaban J connectivity index is 1.63. The first-order valence-corrected chi connectivity index (χ1v) is 14.0. The van der Waals surface area contributed by atoms with E-state index in [1.807, 2.05) is 0 Å². The third-order valence-corrected chi connectivity index (χ3v) is 8.29. The molecule has 1 aliphatic carbocycles. The van der Waals surface area contributed by atoms with E-state index >= 15 is 0 Å². The van der Waals surface area contributed by atoms with Crippen LogP contribution in [-0.4, -0.2) is 31.9 Å². The summed E-state index contributed by atoms with van der Waals surface area (Å²) in [7, 11) is -8.27. The lowest BCUT2D eigenvalue weighted by Gasteiger charge is -2.13. The van der Waals surface area contributed by atoms with Crippen molar-refractivity contribution in [2.45, 2.75) is 23.9 Å². The van der Waals surface area contributed by atoms with Crippen LogP contribution in [0.1, 0.15) is 11.1 Å². The van der Waals surface area contributed by atoms with Gasteiger partial charge in [0, 0.05) is 35.7 Å². The van der Waals surface area contributed by atoms with Crippen molar-refractivity contribution in [3.8, 4) is 17.2 Å². The van der Waals surface area contributed by atoms with Crippen LogP contribution in [0, 0.1) is 13.8 Å². The quantitative estimate of drug-likeness (QED) is 0.210. The van der Waals surface area contributed by atoms with Crippen molar-refractivity contribution in [3.05, 3.63) is 82.3 Å². The van der Waals surface area contributed by atoms with E-state index in [0.717, 1.165) is 0 Å². The first-order chi connectivity index (χ1) is 18.0. The van der Waals surface area contributed by atoms with E-state index in [9.17, 15) is 26.7 Å². The van der Waals surface area contributed by atoms with E-state index in [1.54, 1.807) is 12.1 Å². The highest BCUT2D eigenvalue weighted by Gasteiger charge is 2.28. The van der Waals surface area contributed by atoms with Crippen LogP contribution in [0.25, 0.3) is 22.6 Å². The van der Waals surface area contributed by atoms with Gasteiger partial charge in [-0.25, -0.2) is 9.97 Å². The summed E-state index contributed by atoms with van der Waals surface area (Å²) in [5, 5.41) is 10.2. The zero-order chi connectivity index (χ0) is 27.2. The summed E-state index contributed by atoms with van der Waals surface area (Å²) >= 11 is 0. The summed E-state index contributed by atoms with van der Waals surface area (Å²) in [6.45, 7) is 2.99. The molecule has 0 amide bonds. The zero-order valence-electron chi connectivity index (χ0n) is 19.9. The van der Waals surface area contributed by atoms with E-state index in [-0.39, 0.29) is 60.9 Å². The molecule has 0 atom stereocenters. The number of pyridine rings is 2. The number of nitrogens with one attached hydrogen (secondary N) is 3. The van der Waals surface area contributed by atoms with E-state index in [1.165, 1.54) is 62.6 Å². The Kier molecular flexibility index (Phi) is 6.00. The second-order valence-corrected chi connectivity index (χ2v) is 11.6. The van der Waals surface area contributed by atoms with Crippen molar-refractivity contribution in [1.29, 1.82) is 0 Å². The fourth-order valence-corrected chi connectivity index (χ4v) is 5.84. The zero-order valence-corrected chi connectivity index (χ0v) is 21.5. The van der Waals surface area contributed by atoms with Crippen molar-refractivity contribution in [2.24, 2.45) is 0 Å². The summed E-state index contributed by atoms with van der Waals surface area (Å²) in [6.07, 6.45) is 2.64. The number of hydrogen-bond acceptors (Lipinski definition) is 9. The van der Waals surface area contributed by atoms with Crippen LogP contribution in [0.5, 0.6) is 5.75 Å². The monoisotopic (exact) mass is 554 g/mol. The van der Waals surface area contributed by atoms with Gasteiger partial charge >= 0.3 is 0 Å². The average Bonchev–Trinajstić information content (AvgIpc) is 2.90. The number of phenols is 1. The molecular formula is C24H20N5O7S2+. The number of benzene rings is 2. The molecule has 0 spiro atoms. The topological polar surface area (TPSA) is 183 Å². The Morgan fingerprint density at radius 3 is 1.97 bits per heavy atom. The van der Waals surface area contributed by atoms with Crippen molar-refractivity contribution >= 4 is 42.5 Å². The number of aromatic amines is 1. The Bertz CT molecular complexity index is 1940. The molecule has 3 heterocycles. The standard InChI is InChI=1S/C24H19N5O7S2/c1-13-21(30)15(28-37(32,33)19-7-3-5-9-25-19)11-17-23(13)36-24-14(2)22(31)16(12-18(24)27-17)29-38(34,35)20-8-4-6-10-26-20/h3-12,28-30H,1-2H3/p+1. The molecule has 0 fully saturated rings. The van der Waals surface area contributed by atoms with Gasteiger partial charge in [0.05, 0.1) is 5.69 Å². The van der Waals surface area contributed by atoms with E-state index < -0.39 is 25.5 Å². The van der Waals surface area contributed by atoms with Crippen LogP contribution in [0.3, 0.4) is 0 Å². The summed E-state index contributed by atoms with van der Waals surface area (Å²) in [5.74, 6) is -0.249. The third kappa shape index (κ3) is 4.39. The number of aromatic hydroxyl groups is 1. The van der Waals surface area contributed by atoms with Gasteiger partial charge in [-0.2, -0.15) is 21.8 Å². The molecule has 38 heavy (non-hydrogen) atoms. The predicted octanol–water partition coefficient (Wildman–Crippen LogP) is 2.43. The molecule has 0 bridgehead atoms. The van der Waals surface area contributed by atoms with Gasteiger partial charge in [-0.3, -0.25) is 14.2 Å². The van der Waals surface area contributed by atoms with Crippen LogP contribution >= 0.6 is 0 Å². The van der Waals surface area contributed by atoms with Gasteiger partial charge in [0.25, 0.3) is 20.0 Å². The number of aryl methyl sites for hydroxylation is 1. The first kappa shape index (κ1) is 25.1. The van der Waals surface area contributed by atoms with Crippen molar-refractivity contribution in [1.82, 2.24) is 9.97 Å². The molecular weight excluding hydrogens is 534 g/mol. The molecule has 194 valence electrons. The average molecular weight is 555 g/mol. The Morgan fingerprint density at radius 1 is 0.842 bits per heavy atom. The Morgan fingerprint density at radius 2 is 1.42 bits per heavy atom. The highest BCUT2D eigenvalue weighted by Crippen LogP contribution is 2.36. The smallest absolute Gasteiger partial charge is 0.279 e. The molecule has 0 radical (unpaired) electrons. The molecule has 0 saturated carbocycles. The highest BCUT2D eigenvalue weighted by molar-refractivity contribution is 7.93. The SMILES string of the molecule is Cc1c2oc3c(C)c(O)c(NS(=O)(=O)c4ccccn4)cc3[nH+]c-2cc(NS(=O)(=O)c2ccccn2)c1=O. The maximum absolute atomic E-state index is 13.0. The van der Waals surface area contributed by atoms with Crippen LogP contribution in [0.4, 0.5) is 11.4 Å². The van der Waals surface area contributed by atoms with Gasteiger partial charge in [-0.05, 0) is 38.1 Å². The fourth-order valence-electron chi connectivity index (χ4n) is 3.83. The molecule has 14 heteroatoms. The normalized spacial score (nSPS) is 12.1. The predicted molar refractivity (Wildman–Crippen MR) is 137 cm³/mol. The van der Waals surface area contributed by atoms with E-state index in [2.05, 4.69) is 24.4 Å². The van der Waals surface area contributed by atoms with Gasteiger partial charge in [0.1, 0.15) is 11.4 Å². The molecule has 4 N–H and O–H groups in total. The number of hydrogen-bond donors (Lipinski definition) is 3. The van der Waals surface area contributed by atoms with Crippen molar-refractivity contribution in [2.75, 3.05) is 9.44 Å². The second kappa shape index (κ2) is 9.08. The highest BCUT2D eigenvalue weighted by atomic mass is 32.2. The number of aromatic nitrogens is 3. The number of phenolic OH excluding ortho intramolecular Hbond substituents is 1. The summed E-state index contributed by atoms with van der Waals surface area (Å²) in [5.41, 5.74) is -0.00246. The first-order valence-electron chi connectivity index (χ1n) is 11.0. The lowest BCUT2D eigenvalue weighted by molar-refractivity contribution is -0.334. The molecule has 5 rings (SSSR count). The summed E-state index contributed by atoms with van der Waals surface area (Å²) in [6, 6.07) is 11.3. The largest absolute Gasteiger partial charge is 0.505 e. The van der Waals surface area contributed by atoms with E-state index in [4.69, 9.17) is 4.42 Å². The van der Waals surface area contributed by atoms with Gasteiger partial charge in [0.2, 0.25) is 28.0 Å². The molecule has 1 aliphatic heterocycles. The maximum atomic E-state index is 13.0. The van der Waals surface area contributed by atoms with Crippen LogP contribution in [0.15, 0.2) is 80.2 Å². The number of rotatable bonds is 6. The fraction of sp³-hybridized carbons (Fsp3) is 0.0833. The molecule has 2 aliphatic rings. The van der Waals surface area contributed by atoms with Crippen LogP contribution in [-0.2, 0) is 20.0 Å². The van der Waals surface area contributed by atoms with Gasteiger partial charge in [-0.15, -0.1) is 0 Å². The lowest BCUT2D eigenvalue weighted by Crippen LogP contribution is -2.23.